The number of thioether (sulfide) groups is 1. The lowest BCUT2D eigenvalue weighted by atomic mass is 10.1. The molecule has 27 heavy (non-hydrogen) atoms. The number of carbonyl (C=O) groups is 1. The number of halogens is 4. The molecule has 3 nitrogen and oxygen atoms in total. The number of rotatable bonds is 3. The summed E-state index contributed by atoms with van der Waals surface area (Å²) in [7, 11) is 0. The first-order valence-electron chi connectivity index (χ1n) is 8.01. The molecule has 0 aromatic heterocycles. The predicted molar refractivity (Wildman–Crippen MR) is 103 cm³/mol. The minimum Gasteiger partial charge on any atom is -0.300 e. The molecule has 140 valence electrons. The van der Waals surface area contributed by atoms with Gasteiger partial charge in [-0.2, -0.15) is 13.2 Å². The average Bonchev–Trinajstić information content (AvgIpc) is 2.95. The maximum Gasteiger partial charge on any atom is 0.417 e. The zero-order valence-electron chi connectivity index (χ0n) is 14.1. The van der Waals surface area contributed by atoms with Crippen LogP contribution in [0.5, 0.6) is 0 Å². The van der Waals surface area contributed by atoms with E-state index in [1.165, 1.54) is 11.6 Å². The second kappa shape index (κ2) is 7.78. The predicted octanol–water partition coefficient (Wildman–Crippen LogP) is 5.81. The lowest BCUT2D eigenvalue weighted by Crippen LogP contribution is -2.19. The molecule has 0 radical (unpaired) electrons. The van der Waals surface area contributed by atoms with Gasteiger partial charge in [-0.05, 0) is 53.6 Å². The second-order valence-electron chi connectivity index (χ2n) is 5.74. The van der Waals surface area contributed by atoms with Crippen LogP contribution in [0.4, 0.5) is 18.9 Å². The van der Waals surface area contributed by atoms with Crippen LogP contribution in [0.25, 0.3) is 6.08 Å². The topological polar surface area (TPSA) is 41.5 Å². The van der Waals surface area contributed by atoms with Crippen LogP contribution in [-0.4, -0.2) is 11.1 Å². The van der Waals surface area contributed by atoms with Gasteiger partial charge in [0, 0.05) is 0 Å². The monoisotopic (exact) mass is 410 g/mol. The molecule has 1 amide bonds. The van der Waals surface area contributed by atoms with Crippen LogP contribution in [0.15, 0.2) is 52.4 Å². The Labute approximate surface area is 163 Å². The minimum atomic E-state index is -4.57. The van der Waals surface area contributed by atoms with Crippen molar-refractivity contribution in [2.45, 2.75) is 19.5 Å². The zero-order chi connectivity index (χ0) is 19.6. The Kier molecular flexibility index (Phi) is 5.62. The fraction of sp³-hybridized carbons (Fsp3) is 0.158. The third-order valence-corrected chi connectivity index (χ3v) is 5.06. The van der Waals surface area contributed by atoms with Crippen molar-refractivity contribution in [3.8, 4) is 0 Å². The summed E-state index contributed by atoms with van der Waals surface area (Å²) in [6.07, 6.45) is -1.94. The molecular formula is C19H14ClF3N2OS. The number of hydrogen-bond acceptors (Lipinski definition) is 3. The van der Waals surface area contributed by atoms with E-state index < -0.39 is 16.8 Å². The van der Waals surface area contributed by atoms with Gasteiger partial charge < -0.3 is 5.32 Å². The van der Waals surface area contributed by atoms with Gasteiger partial charge in [-0.1, -0.05) is 42.8 Å². The molecule has 1 fully saturated rings. The Bertz CT molecular complexity index is 937. The first-order valence-corrected chi connectivity index (χ1v) is 9.21. The minimum absolute atomic E-state index is 0.0584. The molecule has 1 N–H and O–H groups in total. The van der Waals surface area contributed by atoms with Crippen molar-refractivity contribution in [2.24, 2.45) is 4.99 Å². The SMILES string of the molecule is CCc1ccc(C=C2SC(=Nc3ccc(Cl)c(C(F)(F)F)c3)NC2=O)cc1. The van der Waals surface area contributed by atoms with Gasteiger partial charge in [0.2, 0.25) is 0 Å². The number of carbonyl (C=O) groups excluding carboxylic acids is 1. The highest BCUT2D eigenvalue weighted by Crippen LogP contribution is 2.37. The van der Waals surface area contributed by atoms with Gasteiger partial charge in [0.25, 0.3) is 5.91 Å². The molecule has 1 heterocycles. The summed E-state index contributed by atoms with van der Waals surface area (Å²) in [6.45, 7) is 2.05. The molecular weight excluding hydrogens is 397 g/mol. The Balaban J connectivity index is 1.83. The van der Waals surface area contributed by atoms with E-state index in [1.54, 1.807) is 6.08 Å². The Morgan fingerprint density at radius 2 is 1.89 bits per heavy atom. The lowest BCUT2D eigenvalue weighted by molar-refractivity contribution is -0.137. The molecule has 1 saturated heterocycles. The van der Waals surface area contributed by atoms with Crippen molar-refractivity contribution in [1.82, 2.24) is 5.32 Å². The summed E-state index contributed by atoms with van der Waals surface area (Å²) in [5.41, 5.74) is 1.14. The molecule has 3 rings (SSSR count). The second-order valence-corrected chi connectivity index (χ2v) is 7.18. The first kappa shape index (κ1) is 19.5. The number of aryl methyl sites for hydroxylation is 1. The standard InChI is InChI=1S/C19H14ClF3N2OS/c1-2-11-3-5-12(6-4-11)9-16-17(26)25-18(27-16)24-13-7-8-15(20)14(10-13)19(21,22)23/h3-10H,2H2,1H3,(H,24,25,26). The largest absolute Gasteiger partial charge is 0.417 e. The highest BCUT2D eigenvalue weighted by atomic mass is 35.5. The molecule has 1 aliphatic rings. The fourth-order valence-corrected chi connectivity index (χ4v) is 3.47. The number of amidine groups is 1. The Morgan fingerprint density at radius 3 is 2.52 bits per heavy atom. The normalized spacial score (nSPS) is 17.6. The molecule has 8 heteroatoms. The summed E-state index contributed by atoms with van der Waals surface area (Å²) >= 11 is 6.68. The maximum absolute atomic E-state index is 12.9. The maximum atomic E-state index is 12.9. The van der Waals surface area contributed by atoms with Crippen LogP contribution in [0.1, 0.15) is 23.6 Å². The fourth-order valence-electron chi connectivity index (χ4n) is 2.40. The van der Waals surface area contributed by atoms with Crippen molar-refractivity contribution in [3.63, 3.8) is 0 Å². The van der Waals surface area contributed by atoms with Gasteiger partial charge in [-0.25, -0.2) is 4.99 Å². The van der Waals surface area contributed by atoms with Crippen molar-refractivity contribution in [3.05, 3.63) is 69.1 Å². The van der Waals surface area contributed by atoms with Crippen molar-refractivity contribution < 1.29 is 18.0 Å². The van der Waals surface area contributed by atoms with Crippen LogP contribution >= 0.6 is 23.4 Å². The molecule has 0 bridgehead atoms. The van der Waals surface area contributed by atoms with Gasteiger partial charge in [0.15, 0.2) is 5.17 Å². The zero-order valence-corrected chi connectivity index (χ0v) is 15.7. The Morgan fingerprint density at radius 1 is 1.19 bits per heavy atom. The smallest absolute Gasteiger partial charge is 0.300 e. The summed E-state index contributed by atoms with van der Waals surface area (Å²) in [6, 6.07) is 11.1. The van der Waals surface area contributed by atoms with Crippen LogP contribution < -0.4 is 5.32 Å². The molecule has 0 saturated carbocycles. The Hall–Kier alpha value is -2.25. The molecule has 0 aliphatic carbocycles. The number of amides is 1. The lowest BCUT2D eigenvalue weighted by Gasteiger charge is -2.09. The number of alkyl halides is 3. The molecule has 0 unspecified atom stereocenters. The molecule has 0 spiro atoms. The van der Waals surface area contributed by atoms with Gasteiger partial charge in [-0.15, -0.1) is 0 Å². The van der Waals surface area contributed by atoms with E-state index in [-0.39, 0.29) is 16.8 Å². The third-order valence-electron chi connectivity index (χ3n) is 3.82. The van der Waals surface area contributed by atoms with E-state index in [4.69, 9.17) is 11.6 Å². The van der Waals surface area contributed by atoms with E-state index in [0.717, 1.165) is 35.9 Å². The van der Waals surface area contributed by atoms with E-state index >= 15 is 0 Å². The summed E-state index contributed by atoms with van der Waals surface area (Å²) < 4.78 is 38.8. The van der Waals surface area contributed by atoms with Gasteiger partial charge in [-0.3, -0.25) is 4.79 Å². The average molecular weight is 411 g/mol. The summed E-state index contributed by atoms with van der Waals surface area (Å²) in [4.78, 5) is 16.6. The number of nitrogens with zero attached hydrogens (tertiary/aromatic N) is 1. The van der Waals surface area contributed by atoms with Crippen LogP contribution in [0.2, 0.25) is 5.02 Å². The van der Waals surface area contributed by atoms with Gasteiger partial charge >= 0.3 is 6.18 Å². The van der Waals surface area contributed by atoms with Gasteiger partial charge in [0.1, 0.15) is 0 Å². The summed E-state index contributed by atoms with van der Waals surface area (Å²) in [5.74, 6) is -0.344. The number of hydrogen-bond donors (Lipinski definition) is 1. The summed E-state index contributed by atoms with van der Waals surface area (Å²) in [5, 5.41) is 2.38. The third kappa shape index (κ3) is 4.73. The number of nitrogens with one attached hydrogen (secondary N) is 1. The highest BCUT2D eigenvalue weighted by Gasteiger charge is 2.33. The van der Waals surface area contributed by atoms with Crippen LogP contribution in [0, 0.1) is 0 Å². The number of aliphatic imine (C=N–C) groups is 1. The van der Waals surface area contributed by atoms with Crippen molar-refractivity contribution in [1.29, 1.82) is 0 Å². The van der Waals surface area contributed by atoms with Gasteiger partial charge in [0.05, 0.1) is 21.2 Å². The quantitative estimate of drug-likeness (QED) is 0.648. The molecule has 2 aromatic carbocycles. The molecule has 2 aromatic rings. The van der Waals surface area contributed by atoms with E-state index in [0.29, 0.717) is 4.91 Å². The van der Waals surface area contributed by atoms with E-state index in [1.807, 2.05) is 24.3 Å². The molecule has 1 aliphatic heterocycles. The number of benzene rings is 2. The molecule has 0 atom stereocenters. The van der Waals surface area contributed by atoms with Crippen molar-refractivity contribution in [2.75, 3.05) is 0 Å². The van der Waals surface area contributed by atoms with Crippen LogP contribution in [0.3, 0.4) is 0 Å². The van der Waals surface area contributed by atoms with Crippen LogP contribution in [-0.2, 0) is 17.4 Å². The first-order chi connectivity index (χ1) is 12.8. The van der Waals surface area contributed by atoms with E-state index in [9.17, 15) is 18.0 Å². The van der Waals surface area contributed by atoms with E-state index in [2.05, 4.69) is 17.2 Å². The van der Waals surface area contributed by atoms with Crippen molar-refractivity contribution >= 4 is 46.2 Å². The highest BCUT2D eigenvalue weighted by molar-refractivity contribution is 8.18.